The van der Waals surface area contributed by atoms with Crippen molar-refractivity contribution < 1.29 is 13.0 Å². The van der Waals surface area contributed by atoms with Crippen LogP contribution in [-0.4, -0.2) is 18.2 Å². The van der Waals surface area contributed by atoms with Crippen LogP contribution >= 0.6 is 0 Å². The Hall–Kier alpha value is -1.39. The third kappa shape index (κ3) is 3.31. The molecule has 0 saturated heterocycles. The van der Waals surface area contributed by atoms with E-state index in [9.17, 15) is 13.0 Å². The number of rotatable bonds is 6. The lowest BCUT2D eigenvalue weighted by atomic mass is 9.84. The van der Waals surface area contributed by atoms with Crippen LogP contribution in [0.1, 0.15) is 12.5 Å². The van der Waals surface area contributed by atoms with Gasteiger partial charge in [-0.3, -0.25) is 4.55 Å². The molecule has 0 amide bonds. The van der Waals surface area contributed by atoms with E-state index >= 15 is 0 Å². The average molecular weight is 266 g/mol. The van der Waals surface area contributed by atoms with Crippen LogP contribution in [0.15, 0.2) is 55.6 Å². The van der Waals surface area contributed by atoms with E-state index in [-0.39, 0.29) is 6.42 Å². The molecule has 0 aromatic heterocycles. The molecule has 1 aromatic rings. The zero-order chi connectivity index (χ0) is 13.8. The molecule has 0 saturated carbocycles. The van der Waals surface area contributed by atoms with Gasteiger partial charge in [-0.05, 0) is 12.0 Å². The lowest BCUT2D eigenvalue weighted by Gasteiger charge is -2.29. The summed E-state index contributed by atoms with van der Waals surface area (Å²) in [7, 11) is -4.19. The summed E-state index contributed by atoms with van der Waals surface area (Å²) in [5.41, 5.74) is -0.0290. The summed E-state index contributed by atoms with van der Waals surface area (Å²) < 4.78 is 32.5. The largest absolute Gasteiger partial charge is 0.285 e. The highest BCUT2D eigenvalue weighted by Gasteiger charge is 2.37. The van der Waals surface area contributed by atoms with Crippen LogP contribution in [0.25, 0.3) is 0 Å². The first-order valence-electron chi connectivity index (χ1n) is 5.61. The second-order valence-corrected chi connectivity index (χ2v) is 6.07. The Labute approximate surface area is 109 Å². The van der Waals surface area contributed by atoms with Gasteiger partial charge in [0, 0.05) is 5.41 Å². The molecule has 98 valence electrons. The van der Waals surface area contributed by atoms with E-state index in [1.165, 1.54) is 12.2 Å². The van der Waals surface area contributed by atoms with Crippen molar-refractivity contribution >= 4 is 10.1 Å². The topological polar surface area (TPSA) is 54.4 Å². The zero-order valence-corrected chi connectivity index (χ0v) is 11.2. The fourth-order valence-electron chi connectivity index (χ4n) is 1.82. The Morgan fingerprint density at radius 2 is 1.78 bits per heavy atom. The summed E-state index contributed by atoms with van der Waals surface area (Å²) >= 11 is 0. The molecule has 0 aliphatic heterocycles. The van der Waals surface area contributed by atoms with E-state index in [2.05, 4.69) is 13.2 Å². The molecule has 0 aliphatic carbocycles. The normalized spacial score (nSPS) is 13.9. The van der Waals surface area contributed by atoms with Crippen LogP contribution in [0, 0.1) is 5.41 Å². The second kappa shape index (κ2) is 5.50. The van der Waals surface area contributed by atoms with Crippen LogP contribution in [0.4, 0.5) is 0 Å². The number of benzene rings is 1. The molecule has 0 radical (unpaired) electrons. The van der Waals surface area contributed by atoms with Gasteiger partial charge in [-0.25, -0.2) is 0 Å². The monoisotopic (exact) mass is 266 g/mol. The second-order valence-electron chi connectivity index (χ2n) is 4.47. The van der Waals surface area contributed by atoms with Gasteiger partial charge in [-0.15, -0.1) is 13.2 Å². The van der Waals surface area contributed by atoms with E-state index in [4.69, 9.17) is 0 Å². The van der Waals surface area contributed by atoms with Crippen LogP contribution in [0.2, 0.25) is 0 Å². The molecule has 1 atom stereocenters. The summed E-state index contributed by atoms with van der Waals surface area (Å²) in [5, 5.41) is -0.984. The van der Waals surface area contributed by atoms with Crippen molar-refractivity contribution in [1.82, 2.24) is 0 Å². The zero-order valence-electron chi connectivity index (χ0n) is 10.4. The lowest BCUT2D eigenvalue weighted by molar-refractivity contribution is 0.415. The number of hydrogen-bond acceptors (Lipinski definition) is 2. The Morgan fingerprint density at radius 1 is 1.28 bits per heavy atom. The number of hydrogen-bond donors (Lipinski definition) is 1. The molecular formula is C14H18O3S. The van der Waals surface area contributed by atoms with Gasteiger partial charge < -0.3 is 0 Å². The molecule has 18 heavy (non-hydrogen) atoms. The lowest BCUT2D eigenvalue weighted by Crippen LogP contribution is -2.37. The molecule has 1 aromatic carbocycles. The average Bonchev–Trinajstić information content (AvgIpc) is 2.35. The molecule has 1 N–H and O–H groups in total. The summed E-state index contributed by atoms with van der Waals surface area (Å²) in [6.07, 6.45) is 3.22. The smallest absolute Gasteiger partial charge is 0.269 e. The third-order valence-corrected chi connectivity index (χ3v) is 4.59. The molecular weight excluding hydrogens is 248 g/mol. The summed E-state index contributed by atoms with van der Waals surface area (Å²) in [5.74, 6) is 0. The molecule has 0 aliphatic rings. The van der Waals surface area contributed by atoms with Gasteiger partial charge in [-0.2, -0.15) is 8.42 Å². The highest BCUT2D eigenvalue weighted by atomic mass is 32.2. The van der Waals surface area contributed by atoms with Crippen molar-refractivity contribution in [2.75, 3.05) is 0 Å². The summed E-state index contributed by atoms with van der Waals surface area (Å²) in [6.45, 7) is 8.95. The highest BCUT2D eigenvalue weighted by Crippen LogP contribution is 2.31. The molecule has 1 rings (SSSR count). The minimum atomic E-state index is -4.19. The standard InChI is InChI=1S/C14H18O3S/c1-4-14(3,5-2)13(18(15,16)17)11-12-9-7-6-8-10-12/h4-10,13H,1-2,11H2,3H3,(H,15,16,17). The van der Waals surface area contributed by atoms with E-state index in [0.717, 1.165) is 5.56 Å². The summed E-state index contributed by atoms with van der Waals surface area (Å²) in [6, 6.07) is 9.16. The fourth-order valence-corrected chi connectivity index (χ4v) is 3.06. The van der Waals surface area contributed by atoms with Gasteiger partial charge in [0.2, 0.25) is 0 Å². The maximum Gasteiger partial charge on any atom is 0.269 e. The van der Waals surface area contributed by atoms with Crippen molar-refractivity contribution in [3.63, 3.8) is 0 Å². The molecule has 0 heterocycles. The van der Waals surface area contributed by atoms with E-state index < -0.39 is 20.8 Å². The van der Waals surface area contributed by atoms with Crippen molar-refractivity contribution in [3.05, 3.63) is 61.2 Å². The minimum absolute atomic E-state index is 0.216. The maximum absolute atomic E-state index is 11.6. The Bertz CT molecular complexity index is 509. The van der Waals surface area contributed by atoms with E-state index in [1.807, 2.05) is 30.3 Å². The molecule has 0 bridgehead atoms. The van der Waals surface area contributed by atoms with Crippen LogP contribution in [0.3, 0.4) is 0 Å². The molecule has 0 fully saturated rings. The maximum atomic E-state index is 11.6. The van der Waals surface area contributed by atoms with E-state index in [1.54, 1.807) is 6.92 Å². The molecule has 4 heteroatoms. The van der Waals surface area contributed by atoms with Gasteiger partial charge in [0.15, 0.2) is 0 Å². The molecule has 3 nitrogen and oxygen atoms in total. The van der Waals surface area contributed by atoms with Crippen molar-refractivity contribution in [2.24, 2.45) is 5.41 Å². The Balaban J connectivity index is 3.16. The molecule has 0 spiro atoms. The van der Waals surface area contributed by atoms with Crippen molar-refractivity contribution in [3.8, 4) is 0 Å². The minimum Gasteiger partial charge on any atom is -0.285 e. The van der Waals surface area contributed by atoms with Gasteiger partial charge >= 0.3 is 0 Å². The van der Waals surface area contributed by atoms with Crippen molar-refractivity contribution in [1.29, 1.82) is 0 Å². The highest BCUT2D eigenvalue weighted by molar-refractivity contribution is 7.86. The SMILES string of the molecule is C=CC(C)(C=C)C(Cc1ccccc1)S(=O)(=O)O. The van der Waals surface area contributed by atoms with Crippen LogP contribution < -0.4 is 0 Å². The van der Waals surface area contributed by atoms with Gasteiger partial charge in [0.1, 0.15) is 5.25 Å². The quantitative estimate of drug-likeness (QED) is 0.636. The van der Waals surface area contributed by atoms with Crippen LogP contribution in [0.5, 0.6) is 0 Å². The van der Waals surface area contributed by atoms with E-state index in [0.29, 0.717) is 0 Å². The van der Waals surface area contributed by atoms with Gasteiger partial charge in [0.25, 0.3) is 10.1 Å². The first-order chi connectivity index (χ1) is 8.33. The third-order valence-electron chi connectivity index (χ3n) is 3.20. The Kier molecular flexibility index (Phi) is 4.48. The summed E-state index contributed by atoms with van der Waals surface area (Å²) in [4.78, 5) is 0. The number of allylic oxidation sites excluding steroid dienone is 2. The Morgan fingerprint density at radius 3 is 2.17 bits per heavy atom. The first-order valence-corrected chi connectivity index (χ1v) is 7.11. The van der Waals surface area contributed by atoms with Crippen LogP contribution in [-0.2, 0) is 16.5 Å². The predicted octanol–water partition coefficient (Wildman–Crippen LogP) is 2.86. The van der Waals surface area contributed by atoms with Gasteiger partial charge in [-0.1, -0.05) is 49.4 Å². The first kappa shape index (κ1) is 14.7. The predicted molar refractivity (Wildman–Crippen MR) is 74.0 cm³/mol. The van der Waals surface area contributed by atoms with Crippen molar-refractivity contribution in [2.45, 2.75) is 18.6 Å². The van der Waals surface area contributed by atoms with Gasteiger partial charge in [0.05, 0.1) is 0 Å². The fraction of sp³-hybridized carbons (Fsp3) is 0.286. The molecule has 1 unspecified atom stereocenters.